The van der Waals surface area contributed by atoms with E-state index in [4.69, 9.17) is 0 Å². The lowest BCUT2D eigenvalue weighted by atomic mass is 9.98. The molecule has 1 nitrogen and oxygen atoms in total. The van der Waals surface area contributed by atoms with Crippen LogP contribution in [0.4, 0.5) is 0 Å². The van der Waals surface area contributed by atoms with Gasteiger partial charge in [0.2, 0.25) is 0 Å². The first-order valence-corrected chi connectivity index (χ1v) is 5.07. The molecule has 0 fully saturated rings. The Hall–Kier alpha value is -0.330. The highest BCUT2D eigenvalue weighted by atomic mass is 14.7. The Bertz CT molecular complexity index is 136. The highest BCUT2D eigenvalue weighted by Gasteiger charge is 2.05. The van der Waals surface area contributed by atoms with E-state index in [1.54, 1.807) is 0 Å². The van der Waals surface area contributed by atoms with Crippen molar-refractivity contribution in [3.63, 3.8) is 0 Å². The van der Waals surface area contributed by atoms with Gasteiger partial charge in [0.25, 0.3) is 0 Å². The van der Waals surface area contributed by atoms with Gasteiger partial charge >= 0.3 is 0 Å². The summed E-state index contributed by atoms with van der Waals surface area (Å²) in [4.78, 5) is 4.55. The van der Waals surface area contributed by atoms with Crippen LogP contribution in [0.15, 0.2) is 4.99 Å². The molecule has 0 rings (SSSR count). The van der Waals surface area contributed by atoms with Crippen LogP contribution in [0.1, 0.15) is 47.5 Å². The van der Waals surface area contributed by atoms with Crippen LogP contribution in [0.3, 0.4) is 0 Å². The van der Waals surface area contributed by atoms with Crippen molar-refractivity contribution in [2.75, 3.05) is 6.54 Å². The van der Waals surface area contributed by atoms with Crippen LogP contribution in [0, 0.1) is 11.8 Å². The van der Waals surface area contributed by atoms with Crippen molar-refractivity contribution < 1.29 is 0 Å². The van der Waals surface area contributed by atoms with E-state index in [2.05, 4.69) is 39.6 Å². The molecule has 0 radical (unpaired) electrons. The smallest absolute Gasteiger partial charge is 0.0416 e. The maximum Gasteiger partial charge on any atom is 0.0416 e. The van der Waals surface area contributed by atoms with Gasteiger partial charge in [-0.3, -0.25) is 4.99 Å². The molecule has 1 heteroatoms. The average Bonchev–Trinajstić information content (AvgIpc) is 2.00. The van der Waals surface area contributed by atoms with Crippen LogP contribution in [0.25, 0.3) is 0 Å². The molecule has 0 amide bonds. The number of nitrogens with zero attached hydrogens (tertiary/aromatic N) is 1. The third kappa shape index (κ3) is 5.34. The summed E-state index contributed by atoms with van der Waals surface area (Å²) >= 11 is 0. The first kappa shape index (κ1) is 11.7. The SMILES string of the molecule is CCCC(C)=NCC(C)C(C)C. The molecule has 72 valence electrons. The Kier molecular flexibility index (Phi) is 6.04. The third-order valence-corrected chi connectivity index (χ3v) is 2.40. The molecule has 0 N–H and O–H groups in total. The van der Waals surface area contributed by atoms with Crippen molar-refractivity contribution >= 4 is 5.71 Å². The Balaban J connectivity index is 3.71. The minimum absolute atomic E-state index is 0.719. The highest BCUT2D eigenvalue weighted by molar-refractivity contribution is 5.81. The Morgan fingerprint density at radius 3 is 2.25 bits per heavy atom. The van der Waals surface area contributed by atoms with Crippen LogP contribution in [0.2, 0.25) is 0 Å². The Morgan fingerprint density at radius 1 is 1.25 bits per heavy atom. The zero-order valence-corrected chi connectivity index (χ0v) is 9.22. The standard InChI is InChI=1S/C11H23N/c1-6-7-11(5)12-8-10(4)9(2)3/h9-10H,6-8H2,1-5H3. The van der Waals surface area contributed by atoms with Crippen LogP contribution in [0.5, 0.6) is 0 Å². The fourth-order valence-electron chi connectivity index (χ4n) is 0.952. The molecule has 0 aromatic rings. The summed E-state index contributed by atoms with van der Waals surface area (Å²) in [6.45, 7) is 12.1. The van der Waals surface area contributed by atoms with Crippen molar-refractivity contribution in [2.45, 2.75) is 47.5 Å². The summed E-state index contributed by atoms with van der Waals surface area (Å²) in [5, 5.41) is 0. The van der Waals surface area contributed by atoms with E-state index in [1.807, 2.05) is 0 Å². The number of aliphatic imine (C=N–C) groups is 1. The topological polar surface area (TPSA) is 12.4 Å². The summed E-state index contributed by atoms with van der Waals surface area (Å²) in [5.41, 5.74) is 1.31. The van der Waals surface area contributed by atoms with Gasteiger partial charge in [-0.25, -0.2) is 0 Å². The summed E-state index contributed by atoms with van der Waals surface area (Å²) in [6, 6.07) is 0. The molecule has 0 aliphatic rings. The van der Waals surface area contributed by atoms with Gasteiger partial charge in [-0.05, 0) is 25.2 Å². The molecule has 0 aromatic heterocycles. The molecule has 0 bridgehead atoms. The predicted molar refractivity (Wildman–Crippen MR) is 56.9 cm³/mol. The minimum atomic E-state index is 0.719. The molecule has 1 unspecified atom stereocenters. The zero-order chi connectivity index (χ0) is 9.56. The largest absolute Gasteiger partial charge is 0.294 e. The van der Waals surface area contributed by atoms with Gasteiger partial charge in [-0.1, -0.05) is 34.1 Å². The Labute approximate surface area is 77.3 Å². The van der Waals surface area contributed by atoms with Gasteiger partial charge in [0.1, 0.15) is 0 Å². The van der Waals surface area contributed by atoms with Gasteiger partial charge in [0.15, 0.2) is 0 Å². The van der Waals surface area contributed by atoms with Crippen LogP contribution in [-0.2, 0) is 0 Å². The molecule has 0 saturated carbocycles. The molecule has 0 aliphatic carbocycles. The van der Waals surface area contributed by atoms with E-state index in [0.717, 1.165) is 24.8 Å². The van der Waals surface area contributed by atoms with E-state index in [0.29, 0.717) is 0 Å². The van der Waals surface area contributed by atoms with E-state index in [-0.39, 0.29) is 0 Å². The quantitative estimate of drug-likeness (QED) is 0.558. The van der Waals surface area contributed by atoms with Gasteiger partial charge in [0.05, 0.1) is 0 Å². The lowest BCUT2D eigenvalue weighted by molar-refractivity contribution is 0.430. The summed E-state index contributed by atoms with van der Waals surface area (Å²) in [6.07, 6.45) is 2.37. The predicted octanol–water partition coefficient (Wildman–Crippen LogP) is 3.54. The monoisotopic (exact) mass is 169 g/mol. The van der Waals surface area contributed by atoms with E-state index >= 15 is 0 Å². The van der Waals surface area contributed by atoms with Crippen LogP contribution in [-0.4, -0.2) is 12.3 Å². The lowest BCUT2D eigenvalue weighted by Gasteiger charge is -2.12. The maximum atomic E-state index is 4.55. The van der Waals surface area contributed by atoms with Crippen molar-refractivity contribution in [3.8, 4) is 0 Å². The molecule has 1 atom stereocenters. The van der Waals surface area contributed by atoms with Crippen molar-refractivity contribution in [1.82, 2.24) is 0 Å². The van der Waals surface area contributed by atoms with Gasteiger partial charge in [-0.2, -0.15) is 0 Å². The van der Waals surface area contributed by atoms with Crippen LogP contribution < -0.4 is 0 Å². The molecule has 0 aromatic carbocycles. The fourth-order valence-corrected chi connectivity index (χ4v) is 0.952. The molecular formula is C11H23N. The van der Waals surface area contributed by atoms with Crippen molar-refractivity contribution in [2.24, 2.45) is 16.8 Å². The van der Waals surface area contributed by atoms with Gasteiger partial charge in [-0.15, -0.1) is 0 Å². The second-order valence-electron chi connectivity index (χ2n) is 4.05. The molecule has 0 heterocycles. The fraction of sp³-hybridized carbons (Fsp3) is 0.909. The molecule has 0 aliphatic heterocycles. The second kappa shape index (κ2) is 6.22. The van der Waals surface area contributed by atoms with E-state index in [1.165, 1.54) is 12.1 Å². The first-order chi connectivity index (χ1) is 5.57. The molecular weight excluding hydrogens is 146 g/mol. The normalized spacial score (nSPS) is 15.3. The molecule has 12 heavy (non-hydrogen) atoms. The minimum Gasteiger partial charge on any atom is -0.294 e. The number of rotatable bonds is 5. The number of hydrogen-bond acceptors (Lipinski definition) is 1. The van der Waals surface area contributed by atoms with Gasteiger partial charge in [0, 0.05) is 12.3 Å². The third-order valence-electron chi connectivity index (χ3n) is 2.40. The van der Waals surface area contributed by atoms with Gasteiger partial charge < -0.3 is 0 Å². The van der Waals surface area contributed by atoms with Crippen LogP contribution >= 0.6 is 0 Å². The maximum absolute atomic E-state index is 4.55. The second-order valence-corrected chi connectivity index (χ2v) is 4.05. The Morgan fingerprint density at radius 2 is 1.83 bits per heavy atom. The average molecular weight is 169 g/mol. The number of hydrogen-bond donors (Lipinski definition) is 0. The summed E-state index contributed by atoms with van der Waals surface area (Å²) < 4.78 is 0. The highest BCUT2D eigenvalue weighted by Crippen LogP contribution is 2.09. The molecule has 0 spiro atoms. The lowest BCUT2D eigenvalue weighted by Crippen LogP contribution is -2.08. The van der Waals surface area contributed by atoms with E-state index in [9.17, 15) is 0 Å². The summed E-state index contributed by atoms with van der Waals surface area (Å²) in [5.74, 6) is 1.47. The van der Waals surface area contributed by atoms with E-state index < -0.39 is 0 Å². The summed E-state index contributed by atoms with van der Waals surface area (Å²) in [7, 11) is 0. The first-order valence-electron chi connectivity index (χ1n) is 5.07. The van der Waals surface area contributed by atoms with Crippen molar-refractivity contribution in [1.29, 1.82) is 0 Å². The van der Waals surface area contributed by atoms with Crippen molar-refractivity contribution in [3.05, 3.63) is 0 Å². The molecule has 0 saturated heterocycles. The zero-order valence-electron chi connectivity index (χ0n) is 9.22.